The van der Waals surface area contributed by atoms with E-state index in [1.54, 1.807) is 0 Å². The lowest BCUT2D eigenvalue weighted by Crippen LogP contribution is -2.39. The molecular weight excluding hydrogens is 348 g/mol. The predicted octanol–water partition coefficient (Wildman–Crippen LogP) is 2.73. The van der Waals surface area contributed by atoms with E-state index in [9.17, 15) is 14.7 Å². The molecule has 1 heterocycles. The van der Waals surface area contributed by atoms with Crippen LogP contribution in [0.5, 0.6) is 0 Å². The van der Waals surface area contributed by atoms with Crippen LogP contribution in [0.4, 0.5) is 0 Å². The van der Waals surface area contributed by atoms with Gasteiger partial charge in [-0.15, -0.1) is 0 Å². The van der Waals surface area contributed by atoms with Gasteiger partial charge in [-0.3, -0.25) is 0 Å². The molecule has 0 amide bonds. The summed E-state index contributed by atoms with van der Waals surface area (Å²) in [4.78, 5) is 23.1. The minimum absolute atomic E-state index is 0.0843. The Kier molecular flexibility index (Phi) is 4.83. The predicted molar refractivity (Wildman–Crippen MR) is 96.4 cm³/mol. The Morgan fingerprint density at radius 3 is 2.59 bits per heavy atom. The van der Waals surface area contributed by atoms with Gasteiger partial charge in [-0.2, -0.15) is 0 Å². The van der Waals surface area contributed by atoms with E-state index in [0.29, 0.717) is 24.4 Å². The molecule has 0 radical (unpaired) electrons. The van der Waals surface area contributed by atoms with Crippen LogP contribution in [0.3, 0.4) is 0 Å². The van der Waals surface area contributed by atoms with Crippen molar-refractivity contribution < 1.29 is 28.9 Å². The Balaban J connectivity index is 1.27. The number of fused-ring (bicyclic) bond motifs is 3. The van der Waals surface area contributed by atoms with Crippen molar-refractivity contribution in [3.8, 4) is 0 Å². The highest BCUT2D eigenvalue weighted by Crippen LogP contribution is 2.67. The number of hydrogen-bond donors (Lipinski definition) is 1. The largest absolute Gasteiger partial charge is 0.463 e. The van der Waals surface area contributed by atoms with Gasteiger partial charge in [-0.05, 0) is 63.2 Å². The molecule has 150 valence electrons. The van der Waals surface area contributed by atoms with Gasteiger partial charge in [0.2, 0.25) is 0 Å². The molecule has 1 saturated heterocycles. The summed E-state index contributed by atoms with van der Waals surface area (Å²) in [5.41, 5.74) is 0.0875. The van der Waals surface area contributed by atoms with E-state index in [1.807, 2.05) is 0 Å². The summed E-state index contributed by atoms with van der Waals surface area (Å²) in [7, 11) is 0. The molecule has 0 aromatic rings. The van der Waals surface area contributed by atoms with Gasteiger partial charge in [0.25, 0.3) is 0 Å². The molecule has 1 aliphatic heterocycles. The van der Waals surface area contributed by atoms with E-state index in [1.165, 1.54) is 19.8 Å². The van der Waals surface area contributed by atoms with Crippen LogP contribution >= 0.6 is 0 Å². The molecule has 2 spiro atoms. The molecule has 1 N–H and O–H groups in total. The molecular formula is C21H30O6. The summed E-state index contributed by atoms with van der Waals surface area (Å²) in [6.45, 7) is 5.01. The zero-order valence-corrected chi connectivity index (χ0v) is 16.1. The van der Waals surface area contributed by atoms with E-state index in [0.717, 1.165) is 38.5 Å². The SMILES string of the molecule is C=C(C)C(=O)OCC(=O)OCC1CC2CC1CC21CC2(CCCC2)OC1O. The summed E-state index contributed by atoms with van der Waals surface area (Å²) in [6.07, 6.45) is 7.93. The summed E-state index contributed by atoms with van der Waals surface area (Å²) in [5.74, 6) is 0.146. The number of ether oxygens (including phenoxy) is 3. The number of aliphatic hydroxyl groups excluding tert-OH is 1. The normalized spacial score (nSPS) is 38.6. The van der Waals surface area contributed by atoms with Crippen LogP contribution in [0, 0.1) is 23.2 Å². The first kappa shape index (κ1) is 18.9. The third-order valence-corrected chi connectivity index (χ3v) is 7.44. The first-order valence-corrected chi connectivity index (χ1v) is 10.2. The zero-order chi connectivity index (χ0) is 19.2. The van der Waals surface area contributed by atoms with Crippen molar-refractivity contribution in [2.75, 3.05) is 13.2 Å². The van der Waals surface area contributed by atoms with Gasteiger partial charge < -0.3 is 19.3 Å². The van der Waals surface area contributed by atoms with Gasteiger partial charge in [0.05, 0.1) is 12.2 Å². The topological polar surface area (TPSA) is 82.1 Å². The maximum atomic E-state index is 11.8. The maximum absolute atomic E-state index is 11.8. The first-order valence-electron chi connectivity index (χ1n) is 10.2. The quantitative estimate of drug-likeness (QED) is 0.585. The highest BCUT2D eigenvalue weighted by atomic mass is 16.6. The van der Waals surface area contributed by atoms with Crippen molar-refractivity contribution in [1.82, 2.24) is 0 Å². The number of carbonyl (C=O) groups is 2. The number of rotatable bonds is 5. The highest BCUT2D eigenvalue weighted by molar-refractivity contribution is 5.88. The van der Waals surface area contributed by atoms with Gasteiger partial charge in [0.1, 0.15) is 0 Å². The van der Waals surface area contributed by atoms with E-state index < -0.39 is 18.2 Å². The lowest BCUT2D eigenvalue weighted by Gasteiger charge is -2.38. The molecule has 0 aromatic carbocycles. The van der Waals surface area contributed by atoms with Gasteiger partial charge in [0.15, 0.2) is 12.9 Å². The summed E-state index contributed by atoms with van der Waals surface area (Å²) >= 11 is 0. The average Bonchev–Trinajstić information content (AvgIpc) is 3.37. The molecule has 3 aliphatic carbocycles. The molecule has 4 rings (SSSR count). The van der Waals surface area contributed by atoms with E-state index >= 15 is 0 Å². The van der Waals surface area contributed by atoms with Gasteiger partial charge in [-0.1, -0.05) is 19.4 Å². The number of hydrogen-bond acceptors (Lipinski definition) is 6. The average molecular weight is 378 g/mol. The lowest BCUT2D eigenvalue weighted by atomic mass is 9.66. The van der Waals surface area contributed by atoms with Crippen molar-refractivity contribution in [2.24, 2.45) is 23.2 Å². The molecule has 5 atom stereocenters. The summed E-state index contributed by atoms with van der Waals surface area (Å²) < 4.78 is 16.3. The second-order valence-electron chi connectivity index (χ2n) is 9.20. The van der Waals surface area contributed by atoms with E-state index in [4.69, 9.17) is 14.2 Å². The van der Waals surface area contributed by atoms with Gasteiger partial charge in [-0.25, -0.2) is 9.59 Å². The van der Waals surface area contributed by atoms with E-state index in [2.05, 4.69) is 6.58 Å². The van der Waals surface area contributed by atoms with Crippen LogP contribution in [0.1, 0.15) is 58.3 Å². The fourth-order valence-electron chi connectivity index (χ4n) is 6.20. The van der Waals surface area contributed by atoms with Crippen molar-refractivity contribution in [1.29, 1.82) is 0 Å². The summed E-state index contributed by atoms with van der Waals surface area (Å²) in [6, 6.07) is 0. The van der Waals surface area contributed by atoms with Crippen LogP contribution in [0.2, 0.25) is 0 Å². The number of esters is 2. The monoisotopic (exact) mass is 378 g/mol. The van der Waals surface area contributed by atoms with E-state index in [-0.39, 0.29) is 23.2 Å². The fraction of sp³-hybridized carbons (Fsp3) is 0.810. The lowest BCUT2D eigenvalue weighted by molar-refractivity contribution is -0.175. The molecule has 5 unspecified atom stereocenters. The van der Waals surface area contributed by atoms with Crippen molar-refractivity contribution in [3.05, 3.63) is 12.2 Å². The fourth-order valence-corrected chi connectivity index (χ4v) is 6.20. The Bertz CT molecular complexity index is 637. The Morgan fingerprint density at radius 2 is 1.96 bits per heavy atom. The van der Waals surface area contributed by atoms with Crippen LogP contribution in [-0.2, 0) is 23.8 Å². The third kappa shape index (κ3) is 3.31. The second kappa shape index (κ2) is 6.89. The maximum Gasteiger partial charge on any atom is 0.344 e. The molecule has 0 aromatic heterocycles. The minimum Gasteiger partial charge on any atom is -0.463 e. The smallest absolute Gasteiger partial charge is 0.344 e. The van der Waals surface area contributed by atoms with Crippen LogP contribution < -0.4 is 0 Å². The molecule has 6 heteroatoms. The molecule has 6 nitrogen and oxygen atoms in total. The molecule has 2 bridgehead atoms. The Labute approximate surface area is 160 Å². The highest BCUT2D eigenvalue weighted by Gasteiger charge is 2.65. The molecule has 3 saturated carbocycles. The van der Waals surface area contributed by atoms with Gasteiger partial charge >= 0.3 is 11.9 Å². The Hall–Kier alpha value is -1.40. The molecule has 4 aliphatic rings. The Morgan fingerprint density at radius 1 is 1.22 bits per heavy atom. The number of aliphatic hydroxyl groups is 1. The minimum atomic E-state index is -0.643. The van der Waals surface area contributed by atoms with Crippen LogP contribution in [0.15, 0.2) is 12.2 Å². The number of carbonyl (C=O) groups excluding carboxylic acids is 2. The molecule has 27 heavy (non-hydrogen) atoms. The third-order valence-electron chi connectivity index (χ3n) is 7.44. The van der Waals surface area contributed by atoms with Crippen LogP contribution in [0.25, 0.3) is 0 Å². The second-order valence-corrected chi connectivity index (χ2v) is 9.20. The standard InChI is InChI=1S/C21H30O6/c1-13(2)18(23)26-11-17(22)25-10-15-8-16-7-14(15)9-21(16)12-20(27-19(21)24)5-3-4-6-20/h14-16,19,24H,1,3-12H2,2H3. The van der Waals surface area contributed by atoms with Crippen molar-refractivity contribution >= 4 is 11.9 Å². The van der Waals surface area contributed by atoms with Crippen molar-refractivity contribution in [3.63, 3.8) is 0 Å². The summed E-state index contributed by atoms with van der Waals surface area (Å²) in [5, 5.41) is 10.7. The molecule has 4 fully saturated rings. The van der Waals surface area contributed by atoms with Gasteiger partial charge in [0, 0.05) is 11.0 Å². The first-order chi connectivity index (χ1) is 12.8. The zero-order valence-electron chi connectivity index (χ0n) is 16.1. The van der Waals surface area contributed by atoms with Crippen molar-refractivity contribution in [2.45, 2.75) is 70.2 Å². The van der Waals surface area contributed by atoms with Crippen LogP contribution in [-0.4, -0.2) is 42.1 Å².